The Bertz CT molecular complexity index is 2790. The standard InChI is InChI=1S/C26H27N3O2.C25H27NO3.C5H11NSi.4ClH.Ti/c1-25(2)14-19(15-26(3,4)31-25)24-13-22(29-16-27)21-12-18(9-10-23(21)30-24)17-7-6-8-20(11-17)28-5;1-24(2)14-18(15-25(3,4)29-24)23-13-21(27)20-12-17(9-10-22(20)28-23)16-7-6-8-19(11-16)26-5;1-5-6-7(2,3)4;;;;;/h6-12,19,24H,13-15H2,1-4H3;6-12,18,23H,13-15H2,1-4H3;1H2,2-4H3;4*1H;/q;;;;;;;+4/p-4. The van der Waals surface area contributed by atoms with Crippen molar-refractivity contribution in [1.29, 1.82) is 5.26 Å². The van der Waals surface area contributed by atoms with Gasteiger partial charge in [0.2, 0.25) is 6.19 Å². The molecule has 380 valence electrons. The van der Waals surface area contributed by atoms with Gasteiger partial charge in [0.1, 0.15) is 23.7 Å². The summed E-state index contributed by atoms with van der Waals surface area (Å²) in [5.41, 5.74) is 6.35. The summed E-state index contributed by atoms with van der Waals surface area (Å²) >= 11 is -3.11. The molecule has 0 spiro atoms. The van der Waals surface area contributed by atoms with Gasteiger partial charge < -0.3 is 18.9 Å². The SMILES string of the molecule is C=C=N[Si](C)(C)C.[C-]#[N+]c1cccc(-c2ccc3c(c2)C(=NC#N)CC(C2CC(C)(C)OC(C)(C)C2)O3)c1.[C-]#[N+]c1cccc(-c2ccc3c(c2)C(=O)CC(C2CC(C)(C)OC(C)(C)C2)O3)c1.[Cl][Ti]([Cl])([Cl])[Cl]. The van der Waals surface area contributed by atoms with E-state index in [2.05, 4.69) is 107 Å². The van der Waals surface area contributed by atoms with Gasteiger partial charge >= 0.3 is 49.6 Å². The Kier molecular flexibility index (Phi) is 19.5. The number of Topliss-reactive ketones (excluding diaryl/α,β-unsaturated/α-hetero) is 1. The molecule has 0 aromatic heterocycles. The van der Waals surface area contributed by atoms with Crippen LogP contribution >= 0.6 is 37.2 Å². The van der Waals surface area contributed by atoms with E-state index in [9.17, 15) is 10.1 Å². The van der Waals surface area contributed by atoms with E-state index in [0.29, 0.717) is 41.4 Å². The number of aliphatic imine (C=N–C) groups is 1. The molecule has 0 aliphatic carbocycles. The summed E-state index contributed by atoms with van der Waals surface area (Å²) in [4.78, 5) is 24.2. The van der Waals surface area contributed by atoms with E-state index in [4.69, 9.17) is 69.3 Å². The summed E-state index contributed by atoms with van der Waals surface area (Å²) < 4.78 is 29.3. The first-order valence-corrected chi connectivity index (χ1v) is 35.9. The summed E-state index contributed by atoms with van der Waals surface area (Å²) in [6, 6.07) is 26.7. The van der Waals surface area contributed by atoms with Gasteiger partial charge in [-0.3, -0.25) is 9.45 Å². The number of nitriles is 1. The predicted octanol–water partition coefficient (Wildman–Crippen LogP) is 17.0. The second kappa shape index (κ2) is 24.0. The number of rotatable bonds is 5. The van der Waals surface area contributed by atoms with Crippen LogP contribution in [0, 0.1) is 36.4 Å². The van der Waals surface area contributed by atoms with E-state index in [1.807, 2.05) is 79.0 Å². The molecule has 2 unspecified atom stereocenters. The predicted molar refractivity (Wildman–Crippen MR) is 295 cm³/mol. The van der Waals surface area contributed by atoms with Crippen LogP contribution in [0.15, 0.2) is 101 Å². The van der Waals surface area contributed by atoms with Crippen molar-refractivity contribution >= 4 is 74.2 Å². The van der Waals surface area contributed by atoms with Gasteiger partial charge in [0.05, 0.1) is 46.8 Å². The molecule has 4 aromatic rings. The summed E-state index contributed by atoms with van der Waals surface area (Å²) in [6.45, 7) is 41.3. The first-order valence-electron chi connectivity index (χ1n) is 23.9. The zero-order valence-corrected chi connectivity index (χ0v) is 48.7. The minimum atomic E-state index is -3.11. The Balaban J connectivity index is 0.000000219. The van der Waals surface area contributed by atoms with Crippen molar-refractivity contribution in [1.82, 2.24) is 0 Å². The average Bonchev–Trinajstić information content (AvgIpc) is 3.26. The molecule has 2 fully saturated rings. The molecule has 0 amide bonds. The molecule has 2 saturated heterocycles. The molecule has 72 heavy (non-hydrogen) atoms. The number of ether oxygens (including phenoxy) is 4. The molecule has 4 aliphatic rings. The van der Waals surface area contributed by atoms with Crippen LogP contribution < -0.4 is 9.47 Å². The molecular weight excluding hydrogens is 1040 g/mol. The first kappa shape index (κ1) is 58.6. The van der Waals surface area contributed by atoms with E-state index in [0.717, 1.165) is 65.0 Å². The van der Waals surface area contributed by atoms with Crippen molar-refractivity contribution in [3.05, 3.63) is 125 Å². The maximum atomic E-state index is 13.0. The summed E-state index contributed by atoms with van der Waals surface area (Å²) in [5.74, 6) is 4.69. The Labute approximate surface area is 447 Å². The van der Waals surface area contributed by atoms with Gasteiger partial charge in [-0.2, -0.15) is 10.3 Å². The van der Waals surface area contributed by atoms with Crippen LogP contribution in [0.3, 0.4) is 0 Å². The number of ketones is 1. The normalized spacial score (nSPS) is 21.1. The molecular formula is C56H65Cl4N5O5SiTi. The van der Waals surface area contributed by atoms with Crippen LogP contribution in [0.4, 0.5) is 11.4 Å². The number of halogens is 4. The third-order valence-corrected chi connectivity index (χ3v) is 13.1. The van der Waals surface area contributed by atoms with Crippen LogP contribution in [0.25, 0.3) is 31.9 Å². The molecule has 16 heteroatoms. The molecule has 0 saturated carbocycles. The fraction of sp³-hybridized carbons (Fsp3) is 0.446. The van der Waals surface area contributed by atoms with Crippen LogP contribution in [0.1, 0.15) is 110 Å². The van der Waals surface area contributed by atoms with Gasteiger partial charge in [-0.1, -0.05) is 48.5 Å². The fourth-order valence-electron chi connectivity index (χ4n) is 10.4. The zero-order valence-electron chi connectivity index (χ0n) is 43.1. The van der Waals surface area contributed by atoms with Crippen LogP contribution in [0.5, 0.6) is 11.5 Å². The number of carbonyl (C=O) groups excluding carboxylic acids is 1. The van der Waals surface area contributed by atoms with Crippen molar-refractivity contribution in [3.63, 3.8) is 0 Å². The summed E-state index contributed by atoms with van der Waals surface area (Å²) in [7, 11) is 18.8. The number of hydrogen-bond acceptors (Lipinski definition) is 8. The average molecular weight is 1110 g/mol. The molecule has 0 radical (unpaired) electrons. The maximum absolute atomic E-state index is 13.0. The third-order valence-electron chi connectivity index (χ3n) is 12.3. The Morgan fingerprint density at radius 1 is 0.653 bits per heavy atom. The molecule has 4 heterocycles. The zero-order chi connectivity index (χ0) is 53.5. The van der Waals surface area contributed by atoms with Crippen molar-refractivity contribution in [2.24, 2.45) is 21.5 Å². The van der Waals surface area contributed by atoms with Gasteiger partial charge in [-0.25, -0.2) is 9.69 Å². The number of hydrogen-bond donors (Lipinski definition) is 0. The van der Waals surface area contributed by atoms with Gasteiger partial charge in [0.15, 0.2) is 25.4 Å². The van der Waals surface area contributed by atoms with E-state index in [-0.39, 0.29) is 46.3 Å². The quantitative estimate of drug-likeness (QED) is 0.0852. The van der Waals surface area contributed by atoms with E-state index >= 15 is 0 Å². The second-order valence-electron chi connectivity index (χ2n) is 22.0. The third kappa shape index (κ3) is 17.7. The number of benzene rings is 4. The summed E-state index contributed by atoms with van der Waals surface area (Å²) in [6.07, 6.45) is 6.38. The minimum absolute atomic E-state index is 0.0432. The molecule has 8 rings (SSSR count). The number of fused-ring (bicyclic) bond motifs is 2. The van der Waals surface area contributed by atoms with Gasteiger partial charge in [0, 0.05) is 30.2 Å². The summed E-state index contributed by atoms with van der Waals surface area (Å²) in [5, 5.41) is 9.33. The molecule has 4 aliphatic heterocycles. The van der Waals surface area contributed by atoms with Crippen LogP contribution in [-0.4, -0.2) is 60.2 Å². The Hall–Kier alpha value is -4.25. The van der Waals surface area contributed by atoms with Crippen molar-refractivity contribution in [2.45, 2.75) is 148 Å². The molecule has 2 atom stereocenters. The number of carbonyl (C=O) groups is 1. The van der Waals surface area contributed by atoms with Crippen molar-refractivity contribution in [3.8, 4) is 39.9 Å². The van der Waals surface area contributed by atoms with Crippen LogP contribution in [-0.2, 0) is 21.8 Å². The molecule has 10 nitrogen and oxygen atoms in total. The number of nitrogens with zero attached hydrogens (tertiary/aromatic N) is 5. The molecule has 4 aromatic carbocycles. The first-order chi connectivity index (χ1) is 33.4. The molecule has 0 bridgehead atoms. The monoisotopic (exact) mass is 1100 g/mol. The van der Waals surface area contributed by atoms with Gasteiger partial charge in [-0.05, 0) is 172 Å². The Morgan fingerprint density at radius 3 is 1.42 bits per heavy atom. The fourth-order valence-corrected chi connectivity index (χ4v) is 10.8. The second-order valence-corrected chi connectivity index (χ2v) is 42.0. The van der Waals surface area contributed by atoms with E-state index < -0.39 is 20.6 Å². The Morgan fingerprint density at radius 2 is 1.04 bits per heavy atom. The topological polar surface area (TPSA) is 111 Å². The molecule has 0 N–H and O–H groups in total. The van der Waals surface area contributed by atoms with Gasteiger partial charge in [0.25, 0.3) is 0 Å². The van der Waals surface area contributed by atoms with Crippen molar-refractivity contribution < 1.29 is 36.1 Å². The van der Waals surface area contributed by atoms with Crippen LogP contribution in [0.2, 0.25) is 19.6 Å². The van der Waals surface area contributed by atoms with E-state index in [1.54, 1.807) is 12.1 Å². The van der Waals surface area contributed by atoms with E-state index in [1.165, 1.54) is 0 Å². The van der Waals surface area contributed by atoms with Crippen molar-refractivity contribution in [2.75, 3.05) is 0 Å². The van der Waals surface area contributed by atoms with Gasteiger partial charge in [-0.15, -0.1) is 0 Å².